The van der Waals surface area contributed by atoms with Gasteiger partial charge in [-0.3, -0.25) is 42.6 Å². The van der Waals surface area contributed by atoms with Crippen molar-refractivity contribution < 1.29 is 125 Å². The van der Waals surface area contributed by atoms with Crippen molar-refractivity contribution in [3.63, 3.8) is 0 Å². The highest BCUT2D eigenvalue weighted by atomic mass is 31.2. The normalized spacial score (nSPS) is 19.4. The molecule has 0 aromatic carbocycles. The van der Waals surface area contributed by atoms with E-state index in [9.17, 15) is 68.0 Å². The van der Waals surface area contributed by atoms with Crippen LogP contribution in [0.15, 0.2) is 0 Å². The summed E-state index contributed by atoms with van der Waals surface area (Å²) in [6.45, 7) is 13.1. The summed E-state index contributed by atoms with van der Waals surface area (Å²) in [4.78, 5) is 145. The minimum Gasteiger partial charge on any atom is -0.462 e. The van der Waals surface area contributed by atoms with Gasteiger partial charge in [0, 0.05) is 19.3 Å². The molecule has 0 radical (unpaired) electrons. The summed E-state index contributed by atoms with van der Waals surface area (Å²) >= 11 is 0. The summed E-state index contributed by atoms with van der Waals surface area (Å²) in [5.41, 5.74) is 0. The van der Waals surface area contributed by atoms with Crippen LogP contribution < -0.4 is 10.6 Å². The lowest BCUT2D eigenvalue weighted by atomic mass is 9.95. The summed E-state index contributed by atoms with van der Waals surface area (Å²) < 4.78 is 87.5. The fourth-order valence-corrected chi connectivity index (χ4v) is 19.9. The average Bonchev–Trinajstić information content (AvgIpc) is 0.775. The summed E-state index contributed by atoms with van der Waals surface area (Å²) in [6, 6.07) is -3.92. The number of ether oxygens (including phenoxy) is 8. The first-order chi connectivity index (χ1) is 66.7. The maximum absolute atomic E-state index is 15.3. The number of unbranched alkanes of at least 4 members (excludes halogenated alkanes) is 60. The quantitative estimate of drug-likeness (QED) is 0.0118. The number of hydrogen-bond donors (Lipinski definition) is 9. The highest BCUT2D eigenvalue weighted by Crippen LogP contribution is 2.44. The molecular weight excluding hydrogens is 1800 g/mol. The number of carbonyl (C=O) groups excluding carboxylic acids is 7. The second kappa shape index (κ2) is 87.5. The number of aliphatic hydroxyl groups is 3. The smallest absolute Gasteiger partial charge is 0.462 e. The van der Waals surface area contributed by atoms with Crippen molar-refractivity contribution in [3.8, 4) is 0 Å². The fourth-order valence-electron chi connectivity index (χ4n) is 18.8. The number of rotatable bonds is 97. The first kappa shape index (κ1) is 130. The van der Waals surface area contributed by atoms with E-state index in [1.807, 2.05) is 0 Å². The van der Waals surface area contributed by atoms with Gasteiger partial charge < -0.3 is 83.4 Å². The topological polar surface area (TPSA) is 412 Å². The summed E-state index contributed by atoms with van der Waals surface area (Å²) in [6.07, 6.45) is 45.5. The van der Waals surface area contributed by atoms with Crippen molar-refractivity contribution >= 4 is 57.3 Å². The molecule has 0 saturated carbocycles. The number of phosphoric acid groups is 2. The molecule has 0 bridgehead atoms. The molecule has 0 aliphatic carbocycles. The molecular formula is C108H204N2O26P2. The Morgan fingerprint density at radius 2 is 0.551 bits per heavy atom. The maximum atomic E-state index is 15.3. The predicted octanol–water partition coefficient (Wildman–Crippen LogP) is 25.8. The van der Waals surface area contributed by atoms with Crippen LogP contribution in [0.3, 0.4) is 0 Å². The zero-order valence-corrected chi connectivity index (χ0v) is 89.7. The molecule has 2 aliphatic heterocycles. The van der Waals surface area contributed by atoms with Crippen LogP contribution >= 0.6 is 15.6 Å². The Labute approximate surface area is 836 Å². The SMILES string of the molecule is CCCCCCCCCCCCCC(=O)O[C@H](CCCCCCCCCCC)CC(=O)N[C@H]1[C@@H](OP(=O)(O)O)O[C@H](CO[C@@H]2O[C@H](CO)[C@@H](OP(=O)(O)O)[C@H](OC(=O)C[C@@H](CCCCCCCCCCC)OC(=O)CCCCCCCCCCCCC)[C@H]2NC(=O)C[C@@H](CCCCCCCCCCC)OC(=O)CCCCCCCCCCC)[C@@H](O)[C@@H]1OC(=O)C[C@H](O)CCCCCCCCCCC. The van der Waals surface area contributed by atoms with Crippen LogP contribution in [0.4, 0.5) is 0 Å². The monoisotopic (exact) mass is 2010 g/mol. The van der Waals surface area contributed by atoms with Crippen molar-refractivity contribution in [2.75, 3.05) is 13.2 Å². The number of phosphoric ester groups is 2. The van der Waals surface area contributed by atoms with E-state index in [1.165, 1.54) is 83.5 Å². The van der Waals surface area contributed by atoms with Gasteiger partial charge >= 0.3 is 45.5 Å². The van der Waals surface area contributed by atoms with E-state index in [-0.39, 0.29) is 44.9 Å². The van der Waals surface area contributed by atoms with Gasteiger partial charge in [0.15, 0.2) is 24.8 Å². The zero-order valence-electron chi connectivity index (χ0n) is 87.9. The van der Waals surface area contributed by atoms with E-state index in [0.717, 1.165) is 302 Å². The summed E-state index contributed by atoms with van der Waals surface area (Å²) in [5, 5.41) is 41.1. The number of carbonyl (C=O) groups is 7. The second-order valence-corrected chi connectivity index (χ2v) is 42.7. The molecule has 2 amide bonds. The lowest BCUT2D eigenvalue weighted by molar-refractivity contribution is -0.297. The third kappa shape index (κ3) is 71.7. The van der Waals surface area contributed by atoms with Crippen molar-refractivity contribution in [2.24, 2.45) is 0 Å². The van der Waals surface area contributed by atoms with Gasteiger partial charge in [-0.2, -0.15) is 0 Å². The van der Waals surface area contributed by atoms with E-state index in [2.05, 4.69) is 59.1 Å². The molecule has 2 aliphatic rings. The second-order valence-electron chi connectivity index (χ2n) is 40.3. The number of aliphatic hydroxyl groups excluding tert-OH is 3. The number of nitrogens with one attached hydrogen (secondary N) is 2. The van der Waals surface area contributed by atoms with Crippen LogP contribution in [0, 0.1) is 0 Å². The van der Waals surface area contributed by atoms with Gasteiger partial charge in [-0.1, -0.05) is 440 Å². The molecule has 2 fully saturated rings. The third-order valence-electron chi connectivity index (χ3n) is 27.1. The lowest BCUT2D eigenvalue weighted by Gasteiger charge is -2.47. The van der Waals surface area contributed by atoms with Gasteiger partial charge in [0.2, 0.25) is 11.8 Å². The number of hydrogen-bond acceptors (Lipinski definition) is 22. The molecule has 9 N–H and O–H groups in total. The Morgan fingerprint density at radius 1 is 0.297 bits per heavy atom. The van der Waals surface area contributed by atoms with Crippen LogP contribution in [0.25, 0.3) is 0 Å². The third-order valence-corrected chi connectivity index (χ3v) is 28.1. The minimum absolute atomic E-state index is 0.0726. The first-order valence-electron chi connectivity index (χ1n) is 56.7. The van der Waals surface area contributed by atoms with Crippen LogP contribution in [-0.2, 0) is 89.6 Å². The summed E-state index contributed by atoms with van der Waals surface area (Å²) in [5.74, 6) is -5.54. The van der Waals surface area contributed by atoms with Gasteiger partial charge in [0.1, 0.15) is 54.8 Å². The maximum Gasteiger partial charge on any atom is 0.472 e. The molecule has 28 nitrogen and oxygen atoms in total. The van der Waals surface area contributed by atoms with Gasteiger partial charge in [0.05, 0.1) is 45.0 Å². The zero-order chi connectivity index (χ0) is 101. The Hall–Kier alpha value is -3.73. The minimum atomic E-state index is -5.75. The van der Waals surface area contributed by atoms with E-state index < -0.39 is 182 Å². The Bertz CT molecular complexity index is 3060. The molecule has 812 valence electrons. The van der Waals surface area contributed by atoms with Crippen LogP contribution in [0.1, 0.15) is 549 Å². The first-order valence-corrected chi connectivity index (χ1v) is 59.7. The Morgan fingerprint density at radius 3 is 0.848 bits per heavy atom. The summed E-state index contributed by atoms with van der Waals surface area (Å²) in [7, 11) is -11.5. The number of esters is 5. The van der Waals surface area contributed by atoms with E-state index in [4.69, 9.17) is 46.9 Å². The Kier molecular flexibility index (Phi) is 82.6. The van der Waals surface area contributed by atoms with Crippen LogP contribution in [0.5, 0.6) is 0 Å². The van der Waals surface area contributed by atoms with Crippen molar-refractivity contribution in [1.29, 1.82) is 0 Å². The highest BCUT2D eigenvalue weighted by molar-refractivity contribution is 7.46. The predicted molar refractivity (Wildman–Crippen MR) is 546 cm³/mol. The molecule has 138 heavy (non-hydrogen) atoms. The van der Waals surface area contributed by atoms with Crippen molar-refractivity contribution in [1.82, 2.24) is 10.6 Å². The van der Waals surface area contributed by atoms with Gasteiger partial charge in [-0.05, 0) is 64.2 Å². The molecule has 0 aromatic heterocycles. The van der Waals surface area contributed by atoms with Crippen molar-refractivity contribution in [2.45, 2.75) is 635 Å². The van der Waals surface area contributed by atoms with E-state index in [0.29, 0.717) is 44.9 Å². The standard InChI is InChI=1S/C108H204N2O26P2/c1-8-15-22-29-36-43-45-52-59-66-73-80-96(115)128-89(76-69-62-55-48-39-32-25-18-11-4)83-94(113)109-101-105(133-99(118)82-88(112)75-68-61-54-47-38-31-24-17-10-3)103(120)93(132-108(101)136-138(124,125)126)87-127-107-102(110-95(114)84-90(77-70-63-56-49-40-33-26-19-12-5)129-97(116)79-72-65-58-51-42-35-28-21-14-7)106(104(92(86-111)131-107)135-137(121,122)123)134-100(119)85-91(78-71-64-57-50-41-34-27-20-13-6)130-98(117)81-74-67-60-53-46-44-37-30-23-16-9-2/h88-93,101-108,111-112,120H,8-87H2,1-7H3,(H,109,113)(H,110,114)(H2,121,122,123)(H2,124,125,126)/t88-,89-,90-,91-,92-,93-,101-,102-,103-,104-,105-,106-,107-,108-/m1/s1. The highest BCUT2D eigenvalue weighted by Gasteiger charge is 2.55. The molecule has 0 spiro atoms. The molecule has 30 heteroatoms. The van der Waals surface area contributed by atoms with Gasteiger partial charge in [-0.25, -0.2) is 9.13 Å². The molecule has 0 unspecified atom stereocenters. The average molecular weight is 2010 g/mol. The number of amides is 2. The van der Waals surface area contributed by atoms with Gasteiger partial charge in [0.25, 0.3) is 0 Å². The molecule has 2 rings (SSSR count). The molecule has 2 saturated heterocycles. The molecule has 2 heterocycles. The largest absolute Gasteiger partial charge is 0.472 e. The van der Waals surface area contributed by atoms with Crippen LogP contribution in [0.2, 0.25) is 0 Å². The molecule has 0 aromatic rings. The lowest BCUT2D eigenvalue weighted by Crippen LogP contribution is -2.68. The molecule has 14 atom stereocenters. The van der Waals surface area contributed by atoms with Crippen LogP contribution in [-0.4, -0.2) is 175 Å². The van der Waals surface area contributed by atoms with Crippen molar-refractivity contribution in [3.05, 3.63) is 0 Å². The van der Waals surface area contributed by atoms with Gasteiger partial charge in [-0.15, -0.1) is 0 Å². The van der Waals surface area contributed by atoms with E-state index in [1.54, 1.807) is 0 Å². The Balaban J connectivity index is 2.94. The van der Waals surface area contributed by atoms with E-state index >= 15 is 9.59 Å². The fraction of sp³-hybridized carbons (Fsp3) is 0.935.